The van der Waals surface area contributed by atoms with Gasteiger partial charge in [-0.05, 0) is 37.5 Å². The van der Waals surface area contributed by atoms with E-state index in [9.17, 15) is 9.59 Å². The van der Waals surface area contributed by atoms with Gasteiger partial charge in [0.1, 0.15) is 0 Å². The van der Waals surface area contributed by atoms with Crippen molar-refractivity contribution in [3.8, 4) is 0 Å². The number of aromatic nitrogens is 3. The van der Waals surface area contributed by atoms with Crippen LogP contribution in [0, 0.1) is 5.92 Å². The highest BCUT2D eigenvalue weighted by Gasteiger charge is 2.26. The zero-order valence-corrected chi connectivity index (χ0v) is 20.3. The van der Waals surface area contributed by atoms with E-state index in [0.717, 1.165) is 5.56 Å². The number of amides is 2. The van der Waals surface area contributed by atoms with Crippen LogP contribution >= 0.6 is 11.8 Å². The van der Waals surface area contributed by atoms with Crippen LogP contribution in [0.3, 0.4) is 0 Å². The van der Waals surface area contributed by atoms with Gasteiger partial charge in [0.2, 0.25) is 5.91 Å². The predicted octanol–water partition coefficient (Wildman–Crippen LogP) is 4.39. The fraction of sp³-hybridized carbons (Fsp3) is 0.360. The van der Waals surface area contributed by atoms with Crippen molar-refractivity contribution in [1.82, 2.24) is 25.4 Å². The normalized spacial score (nSPS) is 12.9. The Kier molecular flexibility index (Phi) is 8.65. The molecule has 0 aliphatic carbocycles. The fourth-order valence-corrected chi connectivity index (χ4v) is 4.34. The Labute approximate surface area is 199 Å². The molecule has 0 spiro atoms. The molecule has 2 atom stereocenters. The van der Waals surface area contributed by atoms with Crippen LogP contribution in [0.1, 0.15) is 61.5 Å². The quantitative estimate of drug-likeness (QED) is 0.434. The SMILES string of the molecule is CCn1c(SCC(=O)N[C@@H](C)c2ccccc2)nnc1[C@H](NC(=O)c1ccccc1)C(C)C. The number of carbonyl (C=O) groups is 2. The lowest BCUT2D eigenvalue weighted by Crippen LogP contribution is -2.33. The maximum Gasteiger partial charge on any atom is 0.251 e. The summed E-state index contributed by atoms with van der Waals surface area (Å²) in [5.74, 6) is 0.819. The lowest BCUT2D eigenvalue weighted by molar-refractivity contribution is -0.119. The van der Waals surface area contributed by atoms with Gasteiger partial charge in [0.15, 0.2) is 11.0 Å². The lowest BCUT2D eigenvalue weighted by atomic mass is 10.0. The first kappa shape index (κ1) is 24.5. The summed E-state index contributed by atoms with van der Waals surface area (Å²) in [5.41, 5.74) is 1.66. The van der Waals surface area contributed by atoms with Crippen LogP contribution in [0.4, 0.5) is 0 Å². The summed E-state index contributed by atoms with van der Waals surface area (Å²) in [6.45, 7) is 8.68. The van der Waals surface area contributed by atoms with E-state index in [1.807, 2.05) is 80.8 Å². The first-order valence-corrected chi connectivity index (χ1v) is 12.1. The highest BCUT2D eigenvalue weighted by atomic mass is 32.2. The average Bonchev–Trinajstić information content (AvgIpc) is 3.24. The minimum Gasteiger partial charge on any atom is -0.349 e. The number of nitrogens with zero attached hydrogens (tertiary/aromatic N) is 3. The Hall–Kier alpha value is -3.13. The molecule has 3 aromatic rings. The van der Waals surface area contributed by atoms with Gasteiger partial charge in [-0.1, -0.05) is 74.1 Å². The Bertz CT molecular complexity index is 1050. The van der Waals surface area contributed by atoms with Gasteiger partial charge in [-0.25, -0.2) is 0 Å². The van der Waals surface area contributed by atoms with Gasteiger partial charge in [-0.3, -0.25) is 9.59 Å². The van der Waals surface area contributed by atoms with Gasteiger partial charge in [0.25, 0.3) is 5.91 Å². The maximum absolute atomic E-state index is 12.7. The van der Waals surface area contributed by atoms with E-state index >= 15 is 0 Å². The van der Waals surface area contributed by atoms with Crippen LogP contribution in [-0.2, 0) is 11.3 Å². The van der Waals surface area contributed by atoms with Crippen molar-refractivity contribution in [3.05, 3.63) is 77.6 Å². The van der Waals surface area contributed by atoms with E-state index in [2.05, 4.69) is 20.8 Å². The minimum atomic E-state index is -0.300. The van der Waals surface area contributed by atoms with Gasteiger partial charge < -0.3 is 15.2 Å². The van der Waals surface area contributed by atoms with Crippen molar-refractivity contribution in [2.45, 2.75) is 51.5 Å². The van der Waals surface area contributed by atoms with Crippen LogP contribution in [0.15, 0.2) is 65.8 Å². The number of hydrogen-bond acceptors (Lipinski definition) is 5. The topological polar surface area (TPSA) is 88.9 Å². The maximum atomic E-state index is 12.7. The summed E-state index contributed by atoms with van der Waals surface area (Å²) in [7, 11) is 0. The zero-order chi connectivity index (χ0) is 23.8. The third-order valence-corrected chi connectivity index (χ3v) is 6.31. The molecule has 3 rings (SSSR count). The third kappa shape index (κ3) is 6.44. The third-order valence-electron chi connectivity index (χ3n) is 5.34. The van der Waals surface area contributed by atoms with Crippen LogP contribution in [-0.4, -0.2) is 32.3 Å². The van der Waals surface area contributed by atoms with Gasteiger partial charge in [-0.15, -0.1) is 10.2 Å². The second-order valence-corrected chi connectivity index (χ2v) is 9.08. The molecule has 7 nitrogen and oxygen atoms in total. The van der Waals surface area contributed by atoms with Crippen molar-refractivity contribution in [1.29, 1.82) is 0 Å². The van der Waals surface area contributed by atoms with E-state index in [4.69, 9.17) is 0 Å². The summed E-state index contributed by atoms with van der Waals surface area (Å²) >= 11 is 1.35. The summed E-state index contributed by atoms with van der Waals surface area (Å²) in [5, 5.41) is 15.5. The molecule has 1 aromatic heterocycles. The number of thioether (sulfide) groups is 1. The van der Waals surface area contributed by atoms with Crippen molar-refractivity contribution < 1.29 is 9.59 Å². The second-order valence-electron chi connectivity index (χ2n) is 8.13. The minimum absolute atomic E-state index is 0.0682. The molecule has 0 unspecified atom stereocenters. The standard InChI is InChI=1S/C25H31N5O2S/c1-5-30-23(22(17(2)3)27-24(32)20-14-10-7-11-15-20)28-29-25(30)33-16-21(31)26-18(4)19-12-8-6-9-13-19/h6-15,17-18,22H,5,16H2,1-4H3,(H,26,31)(H,27,32)/t18-,22+/m0/s1. The van der Waals surface area contributed by atoms with Crippen LogP contribution in [0.5, 0.6) is 0 Å². The molecular weight excluding hydrogens is 434 g/mol. The molecule has 0 fully saturated rings. The van der Waals surface area contributed by atoms with E-state index in [-0.39, 0.29) is 35.6 Å². The van der Waals surface area contributed by atoms with Gasteiger partial charge >= 0.3 is 0 Å². The van der Waals surface area contributed by atoms with E-state index in [0.29, 0.717) is 23.1 Å². The van der Waals surface area contributed by atoms with E-state index in [1.165, 1.54) is 11.8 Å². The molecule has 174 valence electrons. The van der Waals surface area contributed by atoms with Crippen molar-refractivity contribution in [2.75, 3.05) is 5.75 Å². The monoisotopic (exact) mass is 465 g/mol. The number of rotatable bonds is 10. The van der Waals surface area contributed by atoms with E-state index < -0.39 is 0 Å². The highest BCUT2D eigenvalue weighted by molar-refractivity contribution is 7.99. The van der Waals surface area contributed by atoms with E-state index in [1.54, 1.807) is 12.1 Å². The Morgan fingerprint density at radius 1 is 0.939 bits per heavy atom. The number of nitrogens with one attached hydrogen (secondary N) is 2. The Morgan fingerprint density at radius 2 is 1.58 bits per heavy atom. The number of hydrogen-bond donors (Lipinski definition) is 2. The first-order valence-electron chi connectivity index (χ1n) is 11.2. The summed E-state index contributed by atoms with van der Waals surface area (Å²) in [6.07, 6.45) is 0. The lowest BCUT2D eigenvalue weighted by Gasteiger charge is -2.22. The van der Waals surface area contributed by atoms with Gasteiger partial charge in [0, 0.05) is 12.1 Å². The molecule has 0 saturated carbocycles. The molecule has 0 radical (unpaired) electrons. The van der Waals surface area contributed by atoms with Crippen LogP contribution in [0.2, 0.25) is 0 Å². The Balaban J connectivity index is 1.67. The molecule has 0 aliphatic heterocycles. The molecular formula is C25H31N5O2S. The second kappa shape index (κ2) is 11.7. The summed E-state index contributed by atoms with van der Waals surface area (Å²) in [4.78, 5) is 25.3. The molecule has 2 amide bonds. The van der Waals surface area contributed by atoms with Crippen molar-refractivity contribution in [3.63, 3.8) is 0 Å². The summed E-state index contributed by atoms with van der Waals surface area (Å²) in [6, 6.07) is 18.6. The van der Waals surface area contributed by atoms with Crippen molar-refractivity contribution in [2.24, 2.45) is 5.92 Å². The van der Waals surface area contributed by atoms with Crippen molar-refractivity contribution >= 4 is 23.6 Å². The molecule has 0 saturated heterocycles. The smallest absolute Gasteiger partial charge is 0.251 e. The Morgan fingerprint density at radius 3 is 2.18 bits per heavy atom. The molecule has 8 heteroatoms. The molecule has 1 heterocycles. The fourth-order valence-electron chi connectivity index (χ4n) is 3.52. The predicted molar refractivity (Wildman–Crippen MR) is 131 cm³/mol. The van der Waals surface area contributed by atoms with Crippen LogP contribution in [0.25, 0.3) is 0 Å². The molecule has 33 heavy (non-hydrogen) atoms. The molecule has 2 aromatic carbocycles. The van der Waals surface area contributed by atoms with Gasteiger partial charge in [-0.2, -0.15) is 0 Å². The van der Waals surface area contributed by atoms with Gasteiger partial charge in [0.05, 0.1) is 17.8 Å². The molecule has 2 N–H and O–H groups in total. The summed E-state index contributed by atoms with van der Waals surface area (Å²) < 4.78 is 1.97. The zero-order valence-electron chi connectivity index (χ0n) is 19.5. The average molecular weight is 466 g/mol. The van der Waals surface area contributed by atoms with Crippen LogP contribution < -0.4 is 10.6 Å². The number of benzene rings is 2. The largest absolute Gasteiger partial charge is 0.349 e. The molecule has 0 aliphatic rings. The molecule has 0 bridgehead atoms. The highest BCUT2D eigenvalue weighted by Crippen LogP contribution is 2.25. The number of carbonyl (C=O) groups excluding carboxylic acids is 2. The first-order chi connectivity index (χ1) is 15.9.